The zero-order chi connectivity index (χ0) is 18.1. The van der Waals surface area contributed by atoms with Gasteiger partial charge in [0.1, 0.15) is 17.5 Å². The molecule has 0 radical (unpaired) electrons. The first kappa shape index (κ1) is 17.1. The maximum atomic E-state index is 13.4. The third-order valence-corrected chi connectivity index (χ3v) is 7.41. The highest BCUT2D eigenvalue weighted by atomic mass is 31.8. The molecule has 4 aromatic rings. The van der Waals surface area contributed by atoms with E-state index >= 15 is 0 Å². The molecule has 1 atom stereocenters. The quantitative estimate of drug-likeness (QED) is 0.339. The van der Waals surface area contributed by atoms with Crippen LogP contribution in [0, 0.1) is 17.5 Å². The number of halogens is 3. The summed E-state index contributed by atoms with van der Waals surface area (Å²) < 4.78 is 40.0. The molecule has 5 heteroatoms. The predicted molar refractivity (Wildman–Crippen MR) is 105 cm³/mol. The van der Waals surface area contributed by atoms with Gasteiger partial charge in [-0.05, 0) is 61.0 Å². The lowest BCUT2D eigenvalue weighted by atomic mass is 9.98. The minimum Gasteiger partial charge on any atom is -0.207 e. The summed E-state index contributed by atoms with van der Waals surface area (Å²) in [4.78, 5) is 0. The van der Waals surface area contributed by atoms with Crippen LogP contribution in [0.25, 0.3) is 32.8 Å². The van der Waals surface area contributed by atoms with E-state index in [-0.39, 0.29) is 17.5 Å². The van der Waals surface area contributed by atoms with Crippen molar-refractivity contribution < 1.29 is 13.2 Å². The SMILES string of the molecule is Fc1ccc(-c2p[pH]c(-c3ccc(F)cc3)c2-c2ccc(F)cc2)cc1. The Labute approximate surface area is 152 Å². The molecule has 0 bridgehead atoms. The van der Waals surface area contributed by atoms with Crippen LogP contribution in [0.1, 0.15) is 0 Å². The van der Waals surface area contributed by atoms with Crippen LogP contribution in [0.2, 0.25) is 0 Å². The van der Waals surface area contributed by atoms with E-state index in [0.717, 1.165) is 40.7 Å². The van der Waals surface area contributed by atoms with Crippen LogP contribution in [0.15, 0.2) is 72.8 Å². The van der Waals surface area contributed by atoms with E-state index < -0.39 is 0 Å². The van der Waals surface area contributed by atoms with Crippen LogP contribution in [0.3, 0.4) is 0 Å². The Bertz CT molecular complexity index is 971. The van der Waals surface area contributed by atoms with E-state index in [4.69, 9.17) is 0 Å². The molecule has 0 amide bonds. The second-order valence-electron chi connectivity index (χ2n) is 5.84. The highest BCUT2D eigenvalue weighted by Crippen LogP contribution is 2.53. The average Bonchev–Trinajstić information content (AvgIpc) is 3.08. The van der Waals surface area contributed by atoms with Gasteiger partial charge in [0.2, 0.25) is 0 Å². The molecule has 0 saturated carbocycles. The van der Waals surface area contributed by atoms with Crippen molar-refractivity contribution in [3.8, 4) is 32.8 Å². The molecule has 0 aliphatic heterocycles. The Kier molecular flexibility index (Phi) is 4.68. The van der Waals surface area contributed by atoms with Gasteiger partial charge in [0, 0.05) is 16.2 Å². The maximum absolute atomic E-state index is 13.4. The fraction of sp³-hybridized carbons (Fsp3) is 0. The molecule has 1 heterocycles. The predicted octanol–water partition coefficient (Wildman–Crippen LogP) is 7.72. The fourth-order valence-corrected chi connectivity index (χ4v) is 6.63. The van der Waals surface area contributed by atoms with Crippen LogP contribution in [-0.2, 0) is 0 Å². The Balaban J connectivity index is 1.93. The van der Waals surface area contributed by atoms with Gasteiger partial charge in [-0.3, -0.25) is 0 Å². The first-order chi connectivity index (χ1) is 12.6. The molecule has 1 aromatic heterocycles. The standard InChI is InChI=1S/C21H13F3P2/c22-16-7-1-13(2-8-16)19-20(14-3-9-17(23)10-4-14)25-26-21(19)15-5-11-18(24)12-6-15/h1-12,25H. The largest absolute Gasteiger partial charge is 0.207 e. The molecule has 0 spiro atoms. The Morgan fingerprint density at radius 2 is 0.962 bits per heavy atom. The van der Waals surface area contributed by atoms with E-state index in [1.807, 2.05) is 0 Å². The maximum Gasteiger partial charge on any atom is 0.123 e. The molecule has 0 N–H and O–H groups in total. The third-order valence-electron chi connectivity index (χ3n) is 4.15. The molecule has 4 rings (SSSR count). The van der Waals surface area contributed by atoms with E-state index in [9.17, 15) is 13.2 Å². The van der Waals surface area contributed by atoms with Crippen molar-refractivity contribution in [3.05, 3.63) is 90.2 Å². The highest BCUT2D eigenvalue weighted by molar-refractivity contribution is 7.93. The van der Waals surface area contributed by atoms with Gasteiger partial charge in [-0.15, -0.1) is 7.87 Å². The molecular weight excluding hydrogens is 371 g/mol. The molecule has 1 unspecified atom stereocenters. The van der Waals surface area contributed by atoms with Gasteiger partial charge < -0.3 is 0 Å². The Morgan fingerprint density at radius 3 is 1.46 bits per heavy atom. The Morgan fingerprint density at radius 1 is 0.538 bits per heavy atom. The molecule has 128 valence electrons. The van der Waals surface area contributed by atoms with Gasteiger partial charge in [-0.25, -0.2) is 13.2 Å². The first-order valence-corrected chi connectivity index (χ1v) is 10.7. The third kappa shape index (κ3) is 3.33. The minimum atomic E-state index is -0.293. The lowest BCUT2D eigenvalue weighted by Gasteiger charge is -2.09. The smallest absolute Gasteiger partial charge is 0.123 e. The van der Waals surface area contributed by atoms with Gasteiger partial charge in [0.05, 0.1) is 0 Å². The topological polar surface area (TPSA) is 0 Å². The molecular formula is C21H13F3P2. The van der Waals surface area contributed by atoms with Gasteiger partial charge in [-0.2, -0.15) is 0 Å². The Hall–Kier alpha value is -2.34. The first-order valence-electron chi connectivity index (χ1n) is 7.98. The van der Waals surface area contributed by atoms with Crippen molar-refractivity contribution in [1.29, 1.82) is 0 Å². The molecule has 3 aromatic carbocycles. The molecule has 0 saturated heterocycles. The average molecular weight is 384 g/mol. The van der Waals surface area contributed by atoms with E-state index in [1.54, 1.807) is 36.4 Å². The number of hydrogen-bond acceptors (Lipinski definition) is 0. The summed E-state index contributed by atoms with van der Waals surface area (Å²) in [5.41, 5.74) is 3.82. The van der Waals surface area contributed by atoms with E-state index in [2.05, 4.69) is 0 Å². The zero-order valence-corrected chi connectivity index (χ0v) is 15.4. The number of benzene rings is 3. The monoisotopic (exact) mass is 384 g/mol. The van der Waals surface area contributed by atoms with Crippen LogP contribution in [0.4, 0.5) is 13.2 Å². The van der Waals surface area contributed by atoms with E-state index in [0.29, 0.717) is 7.87 Å². The summed E-state index contributed by atoms with van der Waals surface area (Å²) in [6.07, 6.45) is 0. The highest BCUT2D eigenvalue weighted by Gasteiger charge is 2.16. The van der Waals surface area contributed by atoms with Crippen LogP contribution >= 0.6 is 15.7 Å². The molecule has 0 nitrogen and oxygen atoms in total. The second-order valence-corrected chi connectivity index (χ2v) is 8.58. The van der Waals surface area contributed by atoms with Crippen molar-refractivity contribution >= 4 is 15.7 Å². The molecule has 0 aliphatic carbocycles. The number of hydrogen-bond donors (Lipinski definition) is 0. The van der Waals surface area contributed by atoms with Gasteiger partial charge in [0.25, 0.3) is 0 Å². The minimum absolute atomic E-state index is 0.278. The van der Waals surface area contributed by atoms with Crippen molar-refractivity contribution in [2.45, 2.75) is 0 Å². The van der Waals surface area contributed by atoms with Gasteiger partial charge >= 0.3 is 0 Å². The summed E-state index contributed by atoms with van der Waals surface area (Å²) in [7, 11) is 1.59. The summed E-state index contributed by atoms with van der Waals surface area (Å²) >= 11 is 0. The molecule has 0 aliphatic rings. The molecule has 26 heavy (non-hydrogen) atoms. The van der Waals surface area contributed by atoms with Gasteiger partial charge in [0.15, 0.2) is 0 Å². The van der Waals surface area contributed by atoms with E-state index in [1.165, 1.54) is 36.4 Å². The van der Waals surface area contributed by atoms with Crippen LogP contribution in [0.5, 0.6) is 0 Å². The van der Waals surface area contributed by atoms with Crippen LogP contribution < -0.4 is 0 Å². The second kappa shape index (κ2) is 7.11. The van der Waals surface area contributed by atoms with Crippen molar-refractivity contribution in [1.82, 2.24) is 0 Å². The van der Waals surface area contributed by atoms with Crippen molar-refractivity contribution in [3.63, 3.8) is 0 Å². The van der Waals surface area contributed by atoms with Gasteiger partial charge in [-0.1, -0.05) is 36.4 Å². The summed E-state index contributed by atoms with van der Waals surface area (Å²) in [6, 6.07) is 19.2. The lowest BCUT2D eigenvalue weighted by Crippen LogP contribution is -1.85. The zero-order valence-electron chi connectivity index (χ0n) is 13.5. The summed E-state index contributed by atoms with van der Waals surface area (Å²) in [6.45, 7) is 0. The van der Waals surface area contributed by atoms with Crippen molar-refractivity contribution in [2.75, 3.05) is 0 Å². The van der Waals surface area contributed by atoms with Crippen molar-refractivity contribution in [2.24, 2.45) is 0 Å². The van der Waals surface area contributed by atoms with Crippen LogP contribution in [-0.4, -0.2) is 0 Å². The summed E-state index contributed by atoms with van der Waals surface area (Å²) in [5.74, 6) is -0.851. The summed E-state index contributed by atoms with van der Waals surface area (Å²) in [5, 5.41) is 2.19. The lowest BCUT2D eigenvalue weighted by molar-refractivity contribution is 0.627. The normalized spacial score (nSPS) is 11.5. The molecule has 0 fully saturated rings. The number of rotatable bonds is 3. The fourth-order valence-electron chi connectivity index (χ4n) is 2.88.